The highest BCUT2D eigenvalue weighted by Gasteiger charge is 1.95. The molecule has 1 aromatic rings. The number of pyridine rings is 1. The van der Waals surface area contributed by atoms with E-state index in [0.29, 0.717) is 11.6 Å². The minimum Gasteiger partial charge on any atom is -0.247 e. The SMILES string of the molecule is C#Cc1ncccc1CCl. The van der Waals surface area contributed by atoms with E-state index in [4.69, 9.17) is 18.0 Å². The summed E-state index contributed by atoms with van der Waals surface area (Å²) in [5.41, 5.74) is 1.55. The first-order valence-electron chi connectivity index (χ1n) is 2.85. The second kappa shape index (κ2) is 3.24. The molecule has 0 amide bonds. The van der Waals surface area contributed by atoms with Gasteiger partial charge in [-0.25, -0.2) is 4.98 Å². The molecule has 0 aromatic carbocycles. The number of nitrogens with zero attached hydrogens (tertiary/aromatic N) is 1. The third kappa shape index (κ3) is 1.29. The van der Waals surface area contributed by atoms with Crippen molar-refractivity contribution in [2.45, 2.75) is 5.88 Å². The van der Waals surface area contributed by atoms with Gasteiger partial charge >= 0.3 is 0 Å². The minimum atomic E-state index is 0.424. The van der Waals surface area contributed by atoms with Crippen LogP contribution < -0.4 is 0 Å². The Labute approximate surface area is 65.0 Å². The predicted molar refractivity (Wildman–Crippen MR) is 41.7 cm³/mol. The largest absolute Gasteiger partial charge is 0.247 e. The lowest BCUT2D eigenvalue weighted by Crippen LogP contribution is -1.87. The molecule has 50 valence electrons. The summed E-state index contributed by atoms with van der Waals surface area (Å²) in [5, 5.41) is 0. The lowest BCUT2D eigenvalue weighted by molar-refractivity contribution is 1.21. The Morgan fingerprint density at radius 3 is 3.00 bits per heavy atom. The third-order valence-corrected chi connectivity index (χ3v) is 1.46. The maximum absolute atomic E-state index is 5.58. The Morgan fingerprint density at radius 2 is 2.50 bits per heavy atom. The van der Waals surface area contributed by atoms with E-state index in [1.54, 1.807) is 6.20 Å². The average Bonchev–Trinajstić information content (AvgIpc) is 2.04. The summed E-state index contributed by atoms with van der Waals surface area (Å²) in [6, 6.07) is 3.69. The summed E-state index contributed by atoms with van der Waals surface area (Å²) >= 11 is 5.58. The lowest BCUT2D eigenvalue weighted by atomic mass is 10.2. The highest BCUT2D eigenvalue weighted by Crippen LogP contribution is 2.05. The summed E-state index contributed by atoms with van der Waals surface area (Å²) in [7, 11) is 0. The van der Waals surface area contributed by atoms with E-state index in [2.05, 4.69) is 10.9 Å². The zero-order valence-corrected chi connectivity index (χ0v) is 6.10. The van der Waals surface area contributed by atoms with Crippen molar-refractivity contribution in [3.8, 4) is 12.3 Å². The molecular weight excluding hydrogens is 146 g/mol. The van der Waals surface area contributed by atoms with Crippen LogP contribution in [-0.2, 0) is 5.88 Å². The first-order valence-corrected chi connectivity index (χ1v) is 3.38. The topological polar surface area (TPSA) is 12.9 Å². The minimum absolute atomic E-state index is 0.424. The molecule has 0 bridgehead atoms. The van der Waals surface area contributed by atoms with Crippen molar-refractivity contribution >= 4 is 11.6 Å². The van der Waals surface area contributed by atoms with Crippen molar-refractivity contribution in [2.75, 3.05) is 0 Å². The van der Waals surface area contributed by atoms with E-state index in [0.717, 1.165) is 5.56 Å². The molecule has 0 aliphatic heterocycles. The monoisotopic (exact) mass is 151 g/mol. The number of aromatic nitrogens is 1. The van der Waals surface area contributed by atoms with Crippen LogP contribution in [0.3, 0.4) is 0 Å². The van der Waals surface area contributed by atoms with Gasteiger partial charge in [-0.1, -0.05) is 6.07 Å². The molecule has 10 heavy (non-hydrogen) atoms. The molecule has 0 saturated carbocycles. The fourth-order valence-electron chi connectivity index (χ4n) is 0.676. The molecule has 1 aromatic heterocycles. The standard InChI is InChI=1S/C8H6ClN/c1-2-8-7(6-9)4-3-5-10-8/h1,3-5H,6H2. The smallest absolute Gasteiger partial charge is 0.117 e. The molecule has 0 atom stereocenters. The van der Waals surface area contributed by atoms with Crippen LogP contribution in [0.15, 0.2) is 18.3 Å². The summed E-state index contributed by atoms with van der Waals surface area (Å²) in [6.45, 7) is 0. The van der Waals surface area contributed by atoms with E-state index < -0.39 is 0 Å². The van der Waals surface area contributed by atoms with Crippen molar-refractivity contribution in [3.05, 3.63) is 29.6 Å². The van der Waals surface area contributed by atoms with Gasteiger partial charge in [-0.05, 0) is 12.0 Å². The number of halogens is 1. The second-order valence-electron chi connectivity index (χ2n) is 1.79. The van der Waals surface area contributed by atoms with E-state index in [1.165, 1.54) is 0 Å². The Morgan fingerprint density at radius 1 is 1.70 bits per heavy atom. The van der Waals surface area contributed by atoms with Gasteiger partial charge in [-0.3, -0.25) is 0 Å². The predicted octanol–water partition coefficient (Wildman–Crippen LogP) is 1.80. The van der Waals surface area contributed by atoms with Crippen molar-refractivity contribution in [1.82, 2.24) is 4.98 Å². The molecule has 0 spiro atoms. The third-order valence-electron chi connectivity index (χ3n) is 1.17. The molecule has 0 aliphatic carbocycles. The molecular formula is C8H6ClN. The van der Waals surface area contributed by atoms with E-state index in [1.807, 2.05) is 12.1 Å². The zero-order valence-electron chi connectivity index (χ0n) is 5.34. The summed E-state index contributed by atoms with van der Waals surface area (Å²) in [5.74, 6) is 2.87. The fraction of sp³-hybridized carbons (Fsp3) is 0.125. The van der Waals surface area contributed by atoms with Gasteiger partial charge in [-0.2, -0.15) is 0 Å². The first kappa shape index (κ1) is 7.11. The molecule has 2 heteroatoms. The Kier molecular flexibility index (Phi) is 2.30. The number of hydrogen-bond donors (Lipinski definition) is 0. The maximum atomic E-state index is 5.58. The van der Waals surface area contributed by atoms with E-state index in [9.17, 15) is 0 Å². The highest BCUT2D eigenvalue weighted by molar-refractivity contribution is 6.17. The number of alkyl halides is 1. The van der Waals surface area contributed by atoms with Crippen LogP contribution >= 0.6 is 11.6 Å². The molecule has 0 aliphatic rings. The van der Waals surface area contributed by atoms with Gasteiger partial charge in [0.1, 0.15) is 5.69 Å². The van der Waals surface area contributed by atoms with Crippen molar-refractivity contribution < 1.29 is 0 Å². The Hall–Kier alpha value is -1.00. The van der Waals surface area contributed by atoms with Gasteiger partial charge in [0.25, 0.3) is 0 Å². The molecule has 1 nitrogen and oxygen atoms in total. The zero-order chi connectivity index (χ0) is 7.40. The van der Waals surface area contributed by atoms with Crippen LogP contribution in [0.4, 0.5) is 0 Å². The highest BCUT2D eigenvalue weighted by atomic mass is 35.5. The lowest BCUT2D eigenvalue weighted by Gasteiger charge is -1.95. The molecule has 0 saturated heterocycles. The van der Waals surface area contributed by atoms with Crippen LogP contribution in [0.25, 0.3) is 0 Å². The number of hydrogen-bond acceptors (Lipinski definition) is 1. The number of terminal acetylenes is 1. The Bertz CT molecular complexity index is 262. The van der Waals surface area contributed by atoms with Crippen LogP contribution in [0, 0.1) is 12.3 Å². The van der Waals surface area contributed by atoms with Crippen molar-refractivity contribution in [2.24, 2.45) is 0 Å². The molecule has 0 N–H and O–H groups in total. The van der Waals surface area contributed by atoms with Gasteiger partial charge in [-0.15, -0.1) is 18.0 Å². The van der Waals surface area contributed by atoms with Gasteiger partial charge in [0.15, 0.2) is 0 Å². The molecule has 1 heterocycles. The van der Waals surface area contributed by atoms with Crippen LogP contribution in [0.1, 0.15) is 11.3 Å². The summed E-state index contributed by atoms with van der Waals surface area (Å²) < 4.78 is 0. The fourth-order valence-corrected chi connectivity index (χ4v) is 0.892. The van der Waals surface area contributed by atoms with E-state index >= 15 is 0 Å². The Balaban J connectivity index is 3.12. The van der Waals surface area contributed by atoms with E-state index in [-0.39, 0.29) is 0 Å². The van der Waals surface area contributed by atoms with Crippen LogP contribution in [0.2, 0.25) is 0 Å². The summed E-state index contributed by atoms with van der Waals surface area (Å²) in [6.07, 6.45) is 6.81. The molecule has 0 radical (unpaired) electrons. The maximum Gasteiger partial charge on any atom is 0.117 e. The molecule has 0 fully saturated rings. The summed E-state index contributed by atoms with van der Waals surface area (Å²) in [4.78, 5) is 3.95. The second-order valence-corrected chi connectivity index (χ2v) is 2.06. The normalized spacial score (nSPS) is 8.80. The number of rotatable bonds is 1. The van der Waals surface area contributed by atoms with Gasteiger partial charge in [0.05, 0.1) is 5.88 Å². The van der Waals surface area contributed by atoms with Crippen LogP contribution in [-0.4, -0.2) is 4.98 Å². The molecule has 1 rings (SSSR count). The van der Waals surface area contributed by atoms with Gasteiger partial charge < -0.3 is 0 Å². The van der Waals surface area contributed by atoms with Gasteiger partial charge in [0.2, 0.25) is 0 Å². The van der Waals surface area contributed by atoms with Crippen molar-refractivity contribution in [1.29, 1.82) is 0 Å². The molecule has 0 unspecified atom stereocenters. The van der Waals surface area contributed by atoms with Crippen LogP contribution in [0.5, 0.6) is 0 Å². The quantitative estimate of drug-likeness (QED) is 0.441. The average molecular weight is 152 g/mol. The first-order chi connectivity index (χ1) is 4.88. The van der Waals surface area contributed by atoms with Gasteiger partial charge in [0, 0.05) is 11.8 Å². The van der Waals surface area contributed by atoms with Crippen molar-refractivity contribution in [3.63, 3.8) is 0 Å².